The number of hydrogen-bond acceptors (Lipinski definition) is 2. The first-order chi connectivity index (χ1) is 7.78. The molecule has 100 valence electrons. The van der Waals surface area contributed by atoms with Crippen LogP contribution >= 0.6 is 0 Å². The van der Waals surface area contributed by atoms with E-state index in [1.54, 1.807) is 29.1 Å². The fourth-order valence-corrected chi connectivity index (χ4v) is 1.35. The van der Waals surface area contributed by atoms with E-state index >= 15 is 0 Å². The van der Waals surface area contributed by atoms with Crippen LogP contribution in [-0.2, 0) is 11.3 Å². The van der Waals surface area contributed by atoms with Crippen LogP contribution < -0.4 is 28.0 Å². The number of carbonyl (C=O) groups is 2. The third-order valence-electron chi connectivity index (χ3n) is 2.02. The zero-order valence-electron chi connectivity index (χ0n) is 10.7. The molecule has 0 atom stereocenters. The van der Waals surface area contributed by atoms with Gasteiger partial charge in [-0.2, -0.15) is 4.57 Å². The Morgan fingerprint density at radius 3 is 2.17 bits per heavy atom. The van der Waals surface area contributed by atoms with Crippen molar-refractivity contribution < 1.29 is 26.6 Å². The third kappa shape index (κ3) is 5.63. The lowest BCUT2D eigenvalue weighted by Crippen LogP contribution is -3.00. The number of amides is 2. The van der Waals surface area contributed by atoms with Crippen molar-refractivity contribution in [2.24, 2.45) is 5.73 Å². The van der Waals surface area contributed by atoms with E-state index in [9.17, 15) is 9.59 Å². The van der Waals surface area contributed by atoms with Crippen molar-refractivity contribution in [3.8, 4) is 0 Å². The molecule has 6 heteroatoms. The molecule has 0 radical (unpaired) electrons. The lowest BCUT2D eigenvalue weighted by molar-refractivity contribution is -0.684. The molecule has 5 nitrogen and oxygen atoms in total. The molecule has 3 N–H and O–H groups in total. The first kappa shape index (κ1) is 16.4. The Balaban J connectivity index is 0.00000289. The summed E-state index contributed by atoms with van der Waals surface area (Å²) in [4.78, 5) is 22.5. The lowest BCUT2D eigenvalue weighted by atomic mass is 10.1. The molecular weight excluding hydrogens is 254 g/mol. The summed E-state index contributed by atoms with van der Waals surface area (Å²) in [6.45, 7) is 5.99. The standard InChI is InChI=1S/C12H17N3O2.ClH/c1-12(2,3)14-10(16)8-15-6-4-9(5-7-15)11(13)17;/h4-7H,8H2,1-3H3,(H2-,13,14,16,17);1H. The average Bonchev–Trinajstić information content (AvgIpc) is 2.15. The number of nitrogens with two attached hydrogens (primary N) is 1. The minimum absolute atomic E-state index is 0. The Bertz CT molecular complexity index is 424. The van der Waals surface area contributed by atoms with Crippen LogP contribution in [0.2, 0.25) is 0 Å². The number of hydrogen-bond donors (Lipinski definition) is 2. The third-order valence-corrected chi connectivity index (χ3v) is 2.02. The predicted molar refractivity (Wildman–Crippen MR) is 63.1 cm³/mol. The maximum absolute atomic E-state index is 11.6. The molecule has 0 aliphatic rings. The molecule has 1 rings (SSSR count). The highest BCUT2D eigenvalue weighted by atomic mass is 35.5. The maximum atomic E-state index is 11.6. The van der Waals surface area contributed by atoms with Crippen molar-refractivity contribution in [2.75, 3.05) is 0 Å². The van der Waals surface area contributed by atoms with Crippen molar-refractivity contribution in [2.45, 2.75) is 32.9 Å². The molecule has 0 bridgehead atoms. The molecule has 1 heterocycles. The van der Waals surface area contributed by atoms with E-state index in [2.05, 4.69) is 5.32 Å². The number of rotatable bonds is 3. The Hall–Kier alpha value is -1.62. The largest absolute Gasteiger partial charge is 1.00 e. The molecule has 0 fully saturated rings. The van der Waals surface area contributed by atoms with Crippen LogP contribution in [-0.4, -0.2) is 17.4 Å². The number of carbonyl (C=O) groups excluding carboxylic acids is 2. The summed E-state index contributed by atoms with van der Waals surface area (Å²) in [5, 5.41) is 2.85. The Morgan fingerprint density at radius 2 is 1.78 bits per heavy atom. The van der Waals surface area contributed by atoms with Crippen molar-refractivity contribution in [3.05, 3.63) is 30.1 Å². The summed E-state index contributed by atoms with van der Waals surface area (Å²) < 4.78 is 1.69. The van der Waals surface area contributed by atoms with Gasteiger partial charge < -0.3 is 23.5 Å². The van der Waals surface area contributed by atoms with Gasteiger partial charge in [-0.15, -0.1) is 0 Å². The summed E-state index contributed by atoms with van der Waals surface area (Å²) in [7, 11) is 0. The van der Waals surface area contributed by atoms with E-state index in [1.165, 1.54) is 0 Å². The van der Waals surface area contributed by atoms with Crippen LogP contribution in [0.4, 0.5) is 0 Å². The predicted octanol–water partition coefficient (Wildman–Crippen LogP) is -3.01. The van der Waals surface area contributed by atoms with Gasteiger partial charge in [0.15, 0.2) is 12.4 Å². The Labute approximate surface area is 113 Å². The van der Waals surface area contributed by atoms with Crippen LogP contribution in [0.5, 0.6) is 0 Å². The second-order valence-electron chi connectivity index (χ2n) is 4.92. The van der Waals surface area contributed by atoms with Crippen molar-refractivity contribution in [1.82, 2.24) is 5.32 Å². The van der Waals surface area contributed by atoms with Gasteiger partial charge in [0.05, 0.1) is 5.56 Å². The first-order valence-corrected chi connectivity index (χ1v) is 5.38. The van der Waals surface area contributed by atoms with Crippen LogP contribution in [0, 0.1) is 0 Å². The van der Waals surface area contributed by atoms with Gasteiger partial charge in [-0.05, 0) is 20.8 Å². The van der Waals surface area contributed by atoms with Crippen LogP contribution in [0.25, 0.3) is 0 Å². The lowest BCUT2D eigenvalue weighted by Gasteiger charge is -2.19. The molecule has 0 aromatic carbocycles. The number of halogens is 1. The minimum Gasteiger partial charge on any atom is -1.00 e. The smallest absolute Gasteiger partial charge is 0.286 e. The second-order valence-corrected chi connectivity index (χ2v) is 4.92. The van der Waals surface area contributed by atoms with Gasteiger partial charge in [-0.3, -0.25) is 9.59 Å². The molecule has 2 amide bonds. The molecule has 18 heavy (non-hydrogen) atoms. The van der Waals surface area contributed by atoms with E-state index < -0.39 is 5.91 Å². The normalized spacial score (nSPS) is 10.4. The fourth-order valence-electron chi connectivity index (χ4n) is 1.35. The summed E-state index contributed by atoms with van der Waals surface area (Å²) in [6.07, 6.45) is 3.31. The van der Waals surface area contributed by atoms with E-state index in [-0.39, 0.29) is 30.4 Å². The molecule has 0 saturated heterocycles. The topological polar surface area (TPSA) is 76.1 Å². The van der Waals surface area contributed by atoms with Crippen molar-refractivity contribution in [3.63, 3.8) is 0 Å². The van der Waals surface area contributed by atoms with Crippen molar-refractivity contribution in [1.29, 1.82) is 0 Å². The van der Waals surface area contributed by atoms with E-state index in [0.29, 0.717) is 5.56 Å². The van der Waals surface area contributed by atoms with Gasteiger partial charge in [0, 0.05) is 17.7 Å². The van der Waals surface area contributed by atoms with Crippen molar-refractivity contribution >= 4 is 11.8 Å². The second kappa shape index (κ2) is 6.35. The quantitative estimate of drug-likeness (QED) is 0.575. The molecule has 0 aliphatic heterocycles. The fraction of sp³-hybridized carbons (Fsp3) is 0.417. The number of pyridine rings is 1. The first-order valence-electron chi connectivity index (χ1n) is 5.38. The van der Waals surface area contributed by atoms with E-state index in [4.69, 9.17) is 5.73 Å². The van der Waals surface area contributed by atoms with Gasteiger partial charge in [0.25, 0.3) is 5.91 Å². The highest BCUT2D eigenvalue weighted by Crippen LogP contribution is 1.98. The van der Waals surface area contributed by atoms with E-state index in [0.717, 1.165) is 0 Å². The van der Waals surface area contributed by atoms with Crippen LogP contribution in [0.3, 0.4) is 0 Å². The molecule has 0 saturated carbocycles. The minimum atomic E-state index is -0.476. The summed E-state index contributed by atoms with van der Waals surface area (Å²) >= 11 is 0. The summed E-state index contributed by atoms with van der Waals surface area (Å²) in [6, 6.07) is 3.18. The van der Waals surface area contributed by atoms with Gasteiger partial charge >= 0.3 is 0 Å². The molecule has 1 aromatic rings. The van der Waals surface area contributed by atoms with Gasteiger partial charge in [0.1, 0.15) is 0 Å². The SMILES string of the molecule is CC(C)(C)NC(=O)C[n+]1ccc(C(N)=O)cc1.[Cl-]. The highest BCUT2D eigenvalue weighted by Gasteiger charge is 2.17. The number of nitrogens with one attached hydrogen (secondary N) is 1. The van der Waals surface area contributed by atoms with Crippen LogP contribution in [0.1, 0.15) is 31.1 Å². The van der Waals surface area contributed by atoms with Gasteiger partial charge in [-0.1, -0.05) is 0 Å². The highest BCUT2D eigenvalue weighted by molar-refractivity contribution is 5.92. The van der Waals surface area contributed by atoms with E-state index in [1.807, 2.05) is 20.8 Å². The molecule has 1 aromatic heterocycles. The van der Waals surface area contributed by atoms with Gasteiger partial charge in [-0.25, -0.2) is 0 Å². The molecule has 0 aliphatic carbocycles. The van der Waals surface area contributed by atoms with Gasteiger partial charge in [0.2, 0.25) is 12.5 Å². The zero-order chi connectivity index (χ0) is 13.1. The number of aromatic nitrogens is 1. The number of nitrogens with zero attached hydrogens (tertiary/aromatic N) is 1. The molecular formula is C12H18ClN3O2. The number of primary amides is 1. The monoisotopic (exact) mass is 271 g/mol. The Morgan fingerprint density at radius 1 is 1.28 bits per heavy atom. The zero-order valence-corrected chi connectivity index (χ0v) is 11.5. The van der Waals surface area contributed by atoms with Crippen LogP contribution in [0.15, 0.2) is 24.5 Å². The maximum Gasteiger partial charge on any atom is 0.286 e. The average molecular weight is 272 g/mol. The summed E-state index contributed by atoms with van der Waals surface area (Å²) in [5.41, 5.74) is 5.30. The Kier molecular flexibility index (Phi) is 5.78. The molecule has 0 unspecified atom stereocenters. The molecule has 0 spiro atoms. The summed E-state index contributed by atoms with van der Waals surface area (Å²) in [5.74, 6) is -0.550.